The minimum atomic E-state index is -4.28. The van der Waals surface area contributed by atoms with E-state index in [9.17, 15) is 13.2 Å². The number of aromatic nitrogens is 2. The molecule has 4 nitrogen and oxygen atoms in total. The Kier molecular flexibility index (Phi) is 6.74. The van der Waals surface area contributed by atoms with Crippen LogP contribution in [0, 0.1) is 6.92 Å². The highest BCUT2D eigenvalue weighted by Gasteiger charge is 2.27. The topological polar surface area (TPSA) is 47.0 Å². The molecule has 28 heavy (non-hydrogen) atoms. The highest BCUT2D eigenvalue weighted by molar-refractivity contribution is 7.99. The minimum absolute atomic E-state index is 0.0439. The summed E-state index contributed by atoms with van der Waals surface area (Å²) in [6.07, 6.45) is -0.788. The fraction of sp³-hybridized carbons (Fsp3) is 0.300. The molecule has 3 aromatic rings. The van der Waals surface area contributed by atoms with E-state index in [4.69, 9.17) is 0 Å². The molecule has 2 heterocycles. The molecule has 0 amide bonds. The van der Waals surface area contributed by atoms with Crippen molar-refractivity contribution in [2.75, 3.05) is 24.3 Å². The van der Waals surface area contributed by atoms with E-state index >= 15 is 0 Å². The van der Waals surface area contributed by atoms with Crippen LogP contribution in [0.3, 0.4) is 0 Å². The van der Waals surface area contributed by atoms with E-state index in [0.29, 0.717) is 12.3 Å². The van der Waals surface area contributed by atoms with Crippen molar-refractivity contribution in [2.45, 2.75) is 24.5 Å². The average molecular weight is 407 g/mol. The molecule has 2 aromatic heterocycles. The molecule has 0 fully saturated rings. The lowest BCUT2D eigenvalue weighted by Crippen LogP contribution is -2.17. The Bertz CT molecular complexity index is 934. The van der Waals surface area contributed by atoms with Crippen LogP contribution in [0.4, 0.5) is 18.9 Å². The molecule has 0 atom stereocenters. The molecule has 0 bridgehead atoms. The van der Waals surface area contributed by atoms with Crippen LogP contribution < -0.4 is 5.32 Å². The van der Waals surface area contributed by atoms with E-state index in [1.165, 1.54) is 11.8 Å². The van der Waals surface area contributed by atoms with Crippen LogP contribution in [0.15, 0.2) is 53.7 Å². The van der Waals surface area contributed by atoms with Crippen LogP contribution in [0.5, 0.6) is 0 Å². The Balaban J connectivity index is 1.56. The van der Waals surface area contributed by atoms with E-state index < -0.39 is 12.8 Å². The van der Waals surface area contributed by atoms with Gasteiger partial charge in [0.2, 0.25) is 0 Å². The van der Waals surface area contributed by atoms with E-state index in [-0.39, 0.29) is 6.61 Å². The number of nitrogens with one attached hydrogen (secondary N) is 1. The number of thioether (sulfide) groups is 1. The molecule has 1 aromatic carbocycles. The van der Waals surface area contributed by atoms with Crippen molar-refractivity contribution in [3.8, 4) is 0 Å². The number of alkyl halides is 3. The van der Waals surface area contributed by atoms with Gasteiger partial charge in [-0.3, -0.25) is 9.97 Å². The molecule has 0 spiro atoms. The van der Waals surface area contributed by atoms with Gasteiger partial charge >= 0.3 is 6.18 Å². The summed E-state index contributed by atoms with van der Waals surface area (Å²) in [6, 6.07) is 11.8. The van der Waals surface area contributed by atoms with Crippen molar-refractivity contribution in [1.29, 1.82) is 0 Å². The van der Waals surface area contributed by atoms with E-state index in [1.807, 2.05) is 43.3 Å². The van der Waals surface area contributed by atoms with Crippen LogP contribution >= 0.6 is 11.8 Å². The Morgan fingerprint density at radius 2 is 1.96 bits per heavy atom. The summed E-state index contributed by atoms with van der Waals surface area (Å²) in [5.74, 6) is 0.447. The fourth-order valence-electron chi connectivity index (χ4n) is 2.65. The van der Waals surface area contributed by atoms with Crippen LogP contribution in [-0.4, -0.2) is 35.1 Å². The van der Waals surface area contributed by atoms with Gasteiger partial charge in [0.25, 0.3) is 0 Å². The van der Waals surface area contributed by atoms with E-state index in [1.54, 1.807) is 12.4 Å². The monoisotopic (exact) mass is 407 g/mol. The number of halogens is 3. The van der Waals surface area contributed by atoms with Gasteiger partial charge in [0.05, 0.1) is 36.2 Å². The Morgan fingerprint density at radius 1 is 1.14 bits per heavy atom. The summed E-state index contributed by atoms with van der Waals surface area (Å²) >= 11 is 1.46. The zero-order valence-corrected chi connectivity index (χ0v) is 16.1. The predicted octanol–water partition coefficient (Wildman–Crippen LogP) is 5.22. The number of nitrogens with zero attached hydrogens (tertiary/aromatic N) is 2. The van der Waals surface area contributed by atoms with Crippen molar-refractivity contribution < 1.29 is 17.9 Å². The van der Waals surface area contributed by atoms with Crippen molar-refractivity contribution in [3.63, 3.8) is 0 Å². The minimum Gasteiger partial charge on any atom is -0.378 e. The van der Waals surface area contributed by atoms with Crippen LogP contribution in [0.2, 0.25) is 0 Å². The molecule has 148 valence electrons. The van der Waals surface area contributed by atoms with E-state index in [2.05, 4.69) is 20.0 Å². The summed E-state index contributed by atoms with van der Waals surface area (Å²) in [5, 5.41) is 4.39. The predicted molar refractivity (Wildman–Crippen MR) is 106 cm³/mol. The number of pyridine rings is 2. The first kappa shape index (κ1) is 20.4. The molecule has 0 saturated carbocycles. The second-order valence-corrected chi connectivity index (χ2v) is 7.30. The summed E-state index contributed by atoms with van der Waals surface area (Å²) in [7, 11) is 0. The average Bonchev–Trinajstić information content (AvgIpc) is 2.67. The zero-order chi connectivity index (χ0) is 20.0. The van der Waals surface area contributed by atoms with Gasteiger partial charge in [-0.2, -0.15) is 13.2 Å². The third-order valence-electron chi connectivity index (χ3n) is 4.06. The molecule has 3 rings (SSSR count). The number of hydrogen-bond donors (Lipinski definition) is 1. The van der Waals surface area contributed by atoms with Crippen molar-refractivity contribution in [3.05, 3.63) is 60.0 Å². The number of para-hydroxylation sites is 1. The quantitative estimate of drug-likeness (QED) is 0.410. The van der Waals surface area contributed by atoms with Gasteiger partial charge in [-0.15, -0.1) is 11.8 Å². The summed E-state index contributed by atoms with van der Waals surface area (Å²) in [5.41, 5.74) is 3.73. The maximum atomic E-state index is 12.1. The highest BCUT2D eigenvalue weighted by Crippen LogP contribution is 2.25. The Morgan fingerprint density at radius 3 is 2.79 bits per heavy atom. The van der Waals surface area contributed by atoms with Gasteiger partial charge < -0.3 is 10.1 Å². The maximum Gasteiger partial charge on any atom is 0.411 e. The first-order chi connectivity index (χ1) is 13.4. The maximum absolute atomic E-state index is 12.1. The number of hydrogen-bond acceptors (Lipinski definition) is 5. The molecule has 0 aliphatic rings. The molecule has 0 aliphatic carbocycles. The lowest BCUT2D eigenvalue weighted by atomic mass is 10.2. The third kappa shape index (κ3) is 5.84. The standard InChI is InChI=1S/C20H20F3N3OS/c1-14-18(12-25-16-10-15-4-2-3-5-17(15)26-11-16)24-7-6-19(14)28-9-8-27-13-20(21,22)23/h2-7,10-11,25H,8-9,12-13H2,1H3. The van der Waals surface area contributed by atoms with Gasteiger partial charge in [-0.25, -0.2) is 0 Å². The van der Waals surface area contributed by atoms with E-state index in [0.717, 1.165) is 32.7 Å². The molecule has 0 unspecified atom stereocenters. The van der Waals surface area contributed by atoms with Crippen molar-refractivity contribution >= 4 is 28.4 Å². The largest absolute Gasteiger partial charge is 0.411 e. The number of benzene rings is 1. The first-order valence-corrected chi connectivity index (χ1v) is 9.71. The number of rotatable bonds is 8. The molecule has 1 N–H and O–H groups in total. The van der Waals surface area contributed by atoms with Gasteiger partial charge in [-0.1, -0.05) is 18.2 Å². The van der Waals surface area contributed by atoms with Gasteiger partial charge in [0.15, 0.2) is 0 Å². The van der Waals surface area contributed by atoms with Crippen molar-refractivity contribution in [1.82, 2.24) is 9.97 Å². The summed E-state index contributed by atoms with van der Waals surface area (Å²) < 4.78 is 40.9. The number of anilines is 1. The third-order valence-corrected chi connectivity index (χ3v) is 5.18. The molecule has 0 saturated heterocycles. The van der Waals surface area contributed by atoms with Crippen molar-refractivity contribution in [2.24, 2.45) is 0 Å². The highest BCUT2D eigenvalue weighted by atomic mass is 32.2. The normalized spacial score (nSPS) is 11.7. The molecule has 0 radical (unpaired) electrons. The fourth-order valence-corrected chi connectivity index (χ4v) is 3.56. The van der Waals surface area contributed by atoms with Crippen LogP contribution in [0.1, 0.15) is 11.3 Å². The molecular formula is C20H20F3N3OS. The van der Waals surface area contributed by atoms with Crippen LogP contribution in [0.25, 0.3) is 10.9 Å². The second kappa shape index (κ2) is 9.25. The number of ether oxygens (including phenoxy) is 1. The van der Waals surface area contributed by atoms with Crippen LogP contribution in [-0.2, 0) is 11.3 Å². The molecular weight excluding hydrogens is 387 g/mol. The zero-order valence-electron chi connectivity index (χ0n) is 15.3. The summed E-state index contributed by atoms with van der Waals surface area (Å²) in [6.45, 7) is 1.33. The van der Waals surface area contributed by atoms with Gasteiger partial charge in [-0.05, 0) is 30.7 Å². The summed E-state index contributed by atoms with van der Waals surface area (Å²) in [4.78, 5) is 9.83. The first-order valence-electron chi connectivity index (χ1n) is 8.73. The van der Waals surface area contributed by atoms with Gasteiger partial charge in [0.1, 0.15) is 6.61 Å². The van der Waals surface area contributed by atoms with Gasteiger partial charge in [0, 0.05) is 22.2 Å². The smallest absolute Gasteiger partial charge is 0.378 e. The Hall–Kier alpha value is -2.32. The lowest BCUT2D eigenvalue weighted by molar-refractivity contribution is -0.172. The molecule has 0 aliphatic heterocycles. The lowest BCUT2D eigenvalue weighted by Gasteiger charge is -2.12. The molecule has 8 heteroatoms. The Labute approximate surface area is 165 Å². The SMILES string of the molecule is Cc1c(SCCOCC(F)(F)F)ccnc1CNc1cnc2ccccc2c1. The second-order valence-electron chi connectivity index (χ2n) is 6.17. The number of fused-ring (bicyclic) bond motifs is 1.